The summed E-state index contributed by atoms with van der Waals surface area (Å²) in [7, 11) is -1.48. The van der Waals surface area contributed by atoms with Crippen LogP contribution in [0, 0.1) is 0 Å². The van der Waals surface area contributed by atoms with E-state index in [2.05, 4.69) is 17.0 Å². The van der Waals surface area contributed by atoms with E-state index in [0.717, 1.165) is 5.56 Å². The first-order chi connectivity index (χ1) is 12.4. The average Bonchev–Trinajstić information content (AvgIpc) is 2.62. The van der Waals surface area contributed by atoms with Gasteiger partial charge in [-0.3, -0.25) is 4.90 Å². The van der Waals surface area contributed by atoms with E-state index in [1.165, 1.54) is 0 Å². The number of hydrogen-bond donors (Lipinski definition) is 0. The standard InChI is InChI=1S/C20H26N2O3S/c1-16(2)25-18-9-11-19(12-10-18)26(23,24)22-14-13-21(3)20(15-22)17-7-5-4-6-8-17/h4-12,16,20H,13-15H2,1-3H3. The van der Waals surface area contributed by atoms with Crippen molar-refractivity contribution in [1.82, 2.24) is 9.21 Å². The summed E-state index contributed by atoms with van der Waals surface area (Å²) >= 11 is 0. The van der Waals surface area contributed by atoms with Crippen molar-refractivity contribution in [3.63, 3.8) is 0 Å². The summed E-state index contributed by atoms with van der Waals surface area (Å²) in [5, 5.41) is 0. The summed E-state index contributed by atoms with van der Waals surface area (Å²) in [5.74, 6) is 0.680. The third-order valence-corrected chi connectivity index (χ3v) is 6.51. The molecule has 0 radical (unpaired) electrons. The molecule has 140 valence electrons. The minimum atomic E-state index is -3.52. The van der Waals surface area contributed by atoms with Gasteiger partial charge in [-0.15, -0.1) is 0 Å². The summed E-state index contributed by atoms with van der Waals surface area (Å²) in [6.45, 7) is 5.53. The molecular formula is C20H26N2O3S. The predicted molar refractivity (Wildman–Crippen MR) is 103 cm³/mol. The highest BCUT2D eigenvalue weighted by molar-refractivity contribution is 7.89. The van der Waals surface area contributed by atoms with E-state index in [-0.39, 0.29) is 12.1 Å². The first-order valence-electron chi connectivity index (χ1n) is 8.90. The highest BCUT2D eigenvalue weighted by Crippen LogP contribution is 2.28. The zero-order chi connectivity index (χ0) is 18.7. The van der Waals surface area contributed by atoms with Crippen molar-refractivity contribution in [1.29, 1.82) is 0 Å². The van der Waals surface area contributed by atoms with Gasteiger partial charge in [0.05, 0.1) is 11.0 Å². The summed E-state index contributed by atoms with van der Waals surface area (Å²) in [6.07, 6.45) is 0.0571. The fourth-order valence-corrected chi connectivity index (χ4v) is 4.65. The molecule has 1 unspecified atom stereocenters. The van der Waals surface area contributed by atoms with Gasteiger partial charge in [-0.25, -0.2) is 8.42 Å². The molecule has 0 aromatic heterocycles. The minimum absolute atomic E-state index is 0.0571. The van der Waals surface area contributed by atoms with Crippen molar-refractivity contribution in [2.45, 2.75) is 30.9 Å². The molecule has 26 heavy (non-hydrogen) atoms. The summed E-state index contributed by atoms with van der Waals surface area (Å²) in [5.41, 5.74) is 1.13. The fourth-order valence-electron chi connectivity index (χ4n) is 3.21. The molecule has 0 aliphatic carbocycles. The van der Waals surface area contributed by atoms with Gasteiger partial charge in [-0.2, -0.15) is 4.31 Å². The van der Waals surface area contributed by atoms with Gasteiger partial charge in [0, 0.05) is 25.7 Å². The van der Waals surface area contributed by atoms with Crippen LogP contribution in [0.4, 0.5) is 0 Å². The largest absolute Gasteiger partial charge is 0.491 e. The van der Waals surface area contributed by atoms with E-state index in [0.29, 0.717) is 30.3 Å². The molecule has 1 aliphatic rings. The van der Waals surface area contributed by atoms with Crippen LogP contribution in [0.3, 0.4) is 0 Å². The SMILES string of the molecule is CC(C)Oc1ccc(S(=O)(=O)N2CCN(C)C(c3ccccc3)C2)cc1. The number of piperazine rings is 1. The van der Waals surface area contributed by atoms with Gasteiger partial charge in [-0.1, -0.05) is 30.3 Å². The molecule has 1 saturated heterocycles. The van der Waals surface area contributed by atoms with Crippen LogP contribution in [0.5, 0.6) is 5.75 Å². The monoisotopic (exact) mass is 374 g/mol. The second-order valence-electron chi connectivity index (χ2n) is 6.91. The van der Waals surface area contributed by atoms with Crippen LogP contribution >= 0.6 is 0 Å². The lowest BCUT2D eigenvalue weighted by Gasteiger charge is -2.39. The molecule has 5 nitrogen and oxygen atoms in total. The van der Waals surface area contributed by atoms with Crippen molar-refractivity contribution in [2.24, 2.45) is 0 Å². The maximum atomic E-state index is 13.1. The molecule has 2 aromatic rings. The Kier molecular flexibility index (Phi) is 5.65. The van der Waals surface area contributed by atoms with Crippen LogP contribution < -0.4 is 4.74 Å². The van der Waals surface area contributed by atoms with Crippen molar-refractivity contribution >= 4 is 10.0 Å². The van der Waals surface area contributed by atoms with Gasteiger partial charge in [0.2, 0.25) is 10.0 Å². The van der Waals surface area contributed by atoms with E-state index in [1.54, 1.807) is 28.6 Å². The van der Waals surface area contributed by atoms with Crippen molar-refractivity contribution < 1.29 is 13.2 Å². The smallest absolute Gasteiger partial charge is 0.243 e. The number of hydrogen-bond acceptors (Lipinski definition) is 4. The first-order valence-corrected chi connectivity index (χ1v) is 10.3. The number of rotatable bonds is 5. The van der Waals surface area contributed by atoms with Gasteiger partial charge < -0.3 is 4.74 Å². The summed E-state index contributed by atoms with van der Waals surface area (Å²) in [4.78, 5) is 2.52. The molecule has 2 aromatic carbocycles. The van der Waals surface area contributed by atoms with Crippen LogP contribution in [0.2, 0.25) is 0 Å². The average molecular weight is 375 g/mol. The van der Waals surface area contributed by atoms with E-state index in [1.807, 2.05) is 39.1 Å². The predicted octanol–water partition coefficient (Wildman–Crippen LogP) is 3.15. The van der Waals surface area contributed by atoms with E-state index in [9.17, 15) is 8.42 Å². The Hall–Kier alpha value is -1.89. The van der Waals surface area contributed by atoms with Crippen molar-refractivity contribution in [2.75, 3.05) is 26.7 Å². The summed E-state index contributed by atoms with van der Waals surface area (Å²) in [6, 6.07) is 16.8. The van der Waals surface area contributed by atoms with E-state index in [4.69, 9.17) is 4.74 Å². The van der Waals surface area contributed by atoms with Crippen LogP contribution in [0.1, 0.15) is 25.5 Å². The van der Waals surface area contributed by atoms with Crippen LogP contribution in [0.15, 0.2) is 59.5 Å². The minimum Gasteiger partial charge on any atom is -0.491 e. The van der Waals surface area contributed by atoms with Gasteiger partial charge in [-0.05, 0) is 50.7 Å². The van der Waals surface area contributed by atoms with Crippen LogP contribution in [-0.2, 0) is 10.0 Å². The van der Waals surface area contributed by atoms with Crippen molar-refractivity contribution in [3.05, 3.63) is 60.2 Å². The van der Waals surface area contributed by atoms with E-state index >= 15 is 0 Å². The lowest BCUT2D eigenvalue weighted by Crippen LogP contribution is -2.48. The van der Waals surface area contributed by atoms with Gasteiger partial charge in [0.15, 0.2) is 0 Å². The van der Waals surface area contributed by atoms with Gasteiger partial charge >= 0.3 is 0 Å². The number of ether oxygens (including phenoxy) is 1. The van der Waals surface area contributed by atoms with Crippen LogP contribution in [-0.4, -0.2) is 50.4 Å². The number of nitrogens with zero attached hydrogens (tertiary/aromatic N) is 2. The second-order valence-corrected chi connectivity index (χ2v) is 8.85. The lowest BCUT2D eigenvalue weighted by molar-refractivity contribution is 0.148. The topological polar surface area (TPSA) is 49.9 Å². The molecular weight excluding hydrogens is 348 g/mol. The lowest BCUT2D eigenvalue weighted by atomic mass is 10.0. The molecule has 0 spiro atoms. The Labute approximate surface area is 156 Å². The molecule has 0 saturated carbocycles. The Morgan fingerprint density at radius 2 is 1.65 bits per heavy atom. The highest BCUT2D eigenvalue weighted by Gasteiger charge is 2.33. The summed E-state index contributed by atoms with van der Waals surface area (Å²) < 4.78 is 33.3. The Bertz CT molecular complexity index is 820. The number of benzene rings is 2. The molecule has 1 fully saturated rings. The molecule has 0 N–H and O–H groups in total. The molecule has 1 aliphatic heterocycles. The number of likely N-dealkylation sites (N-methyl/N-ethyl adjacent to an activating group) is 1. The zero-order valence-electron chi connectivity index (χ0n) is 15.5. The van der Waals surface area contributed by atoms with E-state index < -0.39 is 10.0 Å². The molecule has 6 heteroatoms. The molecule has 0 bridgehead atoms. The highest BCUT2D eigenvalue weighted by atomic mass is 32.2. The molecule has 1 atom stereocenters. The van der Waals surface area contributed by atoms with Crippen LogP contribution in [0.25, 0.3) is 0 Å². The fraction of sp³-hybridized carbons (Fsp3) is 0.400. The maximum Gasteiger partial charge on any atom is 0.243 e. The second kappa shape index (κ2) is 7.78. The molecule has 1 heterocycles. The third kappa shape index (κ3) is 4.09. The molecule has 3 rings (SSSR count). The maximum absolute atomic E-state index is 13.1. The van der Waals surface area contributed by atoms with Gasteiger partial charge in [0.25, 0.3) is 0 Å². The van der Waals surface area contributed by atoms with Gasteiger partial charge in [0.1, 0.15) is 5.75 Å². The first kappa shape index (κ1) is 18.9. The Morgan fingerprint density at radius 3 is 2.27 bits per heavy atom. The quantitative estimate of drug-likeness (QED) is 0.807. The zero-order valence-corrected chi connectivity index (χ0v) is 16.3. The third-order valence-electron chi connectivity index (χ3n) is 4.63. The molecule has 0 amide bonds. The van der Waals surface area contributed by atoms with Crippen molar-refractivity contribution in [3.8, 4) is 5.75 Å². The number of sulfonamides is 1. The Balaban J connectivity index is 1.80. The normalized spacial score (nSPS) is 19.6. The Morgan fingerprint density at radius 1 is 1.00 bits per heavy atom.